The molecule has 7 nitrogen and oxygen atoms in total. The summed E-state index contributed by atoms with van der Waals surface area (Å²) in [7, 11) is 1.74. The molecule has 0 aliphatic heterocycles. The Morgan fingerprint density at radius 3 is 2.67 bits per heavy atom. The molecule has 0 spiro atoms. The molecule has 1 aliphatic carbocycles. The van der Waals surface area contributed by atoms with E-state index >= 15 is 0 Å². The first-order valence-electron chi connectivity index (χ1n) is 6.95. The zero-order valence-corrected chi connectivity index (χ0v) is 12.8. The number of nitrogens with one attached hydrogen (secondary N) is 1. The molecular weight excluding hydrogens is 274 g/mol. The molecule has 0 fully saturated rings. The molecule has 0 bridgehead atoms. The predicted octanol–water partition coefficient (Wildman–Crippen LogP) is 1.50. The second-order valence-electron chi connectivity index (χ2n) is 6.29. The number of nitrogens with zero attached hydrogens (tertiary/aromatic N) is 2. The SMILES string of the molecule is Cn1nc(C(=O)O)c2c1CC[C@H](NC(=O)OC(C)(C)C)C2. The van der Waals surface area contributed by atoms with Crippen molar-refractivity contribution in [3.05, 3.63) is 17.0 Å². The van der Waals surface area contributed by atoms with Crippen LogP contribution < -0.4 is 5.32 Å². The largest absolute Gasteiger partial charge is 0.476 e. The fraction of sp³-hybridized carbons (Fsp3) is 0.643. The molecule has 2 rings (SSSR count). The number of aromatic carboxylic acids is 1. The average molecular weight is 295 g/mol. The third-order valence-corrected chi connectivity index (χ3v) is 3.38. The van der Waals surface area contributed by atoms with Gasteiger partial charge in [0.1, 0.15) is 5.60 Å². The van der Waals surface area contributed by atoms with E-state index in [0.717, 1.165) is 12.1 Å². The normalized spacial score (nSPS) is 18.0. The van der Waals surface area contributed by atoms with Crippen LogP contribution in [0.1, 0.15) is 48.9 Å². The van der Waals surface area contributed by atoms with Crippen molar-refractivity contribution < 1.29 is 19.4 Å². The van der Waals surface area contributed by atoms with Crippen LogP contribution in [0.3, 0.4) is 0 Å². The minimum absolute atomic E-state index is 0.0724. The van der Waals surface area contributed by atoms with Gasteiger partial charge in [0.25, 0.3) is 0 Å². The van der Waals surface area contributed by atoms with E-state index in [2.05, 4.69) is 10.4 Å². The number of carboxylic acids is 1. The Kier molecular flexibility index (Phi) is 3.93. The molecule has 1 aromatic heterocycles. The molecule has 1 heterocycles. The molecule has 0 unspecified atom stereocenters. The van der Waals surface area contributed by atoms with Gasteiger partial charge in [-0.1, -0.05) is 0 Å². The lowest BCUT2D eigenvalue weighted by Crippen LogP contribution is -2.42. The Bertz CT molecular complexity index is 572. The van der Waals surface area contributed by atoms with E-state index in [-0.39, 0.29) is 11.7 Å². The van der Waals surface area contributed by atoms with Gasteiger partial charge < -0.3 is 15.2 Å². The lowest BCUT2D eigenvalue weighted by atomic mass is 9.91. The zero-order chi connectivity index (χ0) is 15.8. The summed E-state index contributed by atoms with van der Waals surface area (Å²) in [5.41, 5.74) is 1.15. The molecule has 0 saturated carbocycles. The molecule has 1 atom stereocenters. The van der Waals surface area contributed by atoms with Crippen molar-refractivity contribution in [3.63, 3.8) is 0 Å². The average Bonchev–Trinajstić information content (AvgIpc) is 2.64. The van der Waals surface area contributed by atoms with Gasteiger partial charge in [-0.15, -0.1) is 0 Å². The highest BCUT2D eigenvalue weighted by molar-refractivity contribution is 5.87. The molecule has 1 aromatic rings. The van der Waals surface area contributed by atoms with Crippen molar-refractivity contribution in [1.82, 2.24) is 15.1 Å². The van der Waals surface area contributed by atoms with Crippen LogP contribution in [0.2, 0.25) is 0 Å². The number of carboxylic acid groups (broad SMARTS) is 1. The second-order valence-corrected chi connectivity index (χ2v) is 6.29. The van der Waals surface area contributed by atoms with Gasteiger partial charge in [-0.25, -0.2) is 9.59 Å². The van der Waals surface area contributed by atoms with Gasteiger partial charge in [0.05, 0.1) is 0 Å². The number of rotatable bonds is 2. The lowest BCUT2D eigenvalue weighted by molar-refractivity contribution is 0.0500. The summed E-state index contributed by atoms with van der Waals surface area (Å²) < 4.78 is 6.84. The highest BCUT2D eigenvalue weighted by Gasteiger charge is 2.29. The van der Waals surface area contributed by atoms with Gasteiger partial charge in [-0.05, 0) is 40.0 Å². The summed E-state index contributed by atoms with van der Waals surface area (Å²) in [6, 6.07) is -0.130. The highest BCUT2D eigenvalue weighted by atomic mass is 16.6. The van der Waals surface area contributed by atoms with E-state index < -0.39 is 17.7 Å². The number of aryl methyl sites for hydroxylation is 1. The highest BCUT2D eigenvalue weighted by Crippen LogP contribution is 2.24. The fourth-order valence-electron chi connectivity index (χ4n) is 2.56. The molecule has 0 aromatic carbocycles. The van der Waals surface area contributed by atoms with Gasteiger partial charge in [0.2, 0.25) is 0 Å². The van der Waals surface area contributed by atoms with Gasteiger partial charge in [0.15, 0.2) is 5.69 Å². The van der Waals surface area contributed by atoms with Crippen molar-refractivity contribution in [3.8, 4) is 0 Å². The minimum Gasteiger partial charge on any atom is -0.476 e. The van der Waals surface area contributed by atoms with Crippen molar-refractivity contribution in [2.24, 2.45) is 7.05 Å². The Morgan fingerprint density at radius 2 is 2.10 bits per heavy atom. The van der Waals surface area contributed by atoms with Crippen LogP contribution in [0, 0.1) is 0 Å². The number of carbonyl (C=O) groups excluding carboxylic acids is 1. The van der Waals surface area contributed by atoms with Crippen LogP contribution >= 0.6 is 0 Å². The van der Waals surface area contributed by atoms with Crippen LogP contribution in [0.15, 0.2) is 0 Å². The number of hydrogen-bond donors (Lipinski definition) is 2. The lowest BCUT2D eigenvalue weighted by Gasteiger charge is -2.26. The van der Waals surface area contributed by atoms with Crippen LogP contribution in [0.5, 0.6) is 0 Å². The van der Waals surface area contributed by atoms with Crippen LogP contribution in [0.25, 0.3) is 0 Å². The molecule has 0 saturated heterocycles. The monoisotopic (exact) mass is 295 g/mol. The third-order valence-electron chi connectivity index (χ3n) is 3.38. The molecule has 1 amide bonds. The van der Waals surface area contributed by atoms with E-state index in [4.69, 9.17) is 4.74 Å². The number of ether oxygens (including phenoxy) is 1. The van der Waals surface area contributed by atoms with E-state index in [0.29, 0.717) is 18.4 Å². The summed E-state index contributed by atoms with van der Waals surface area (Å²) in [6.07, 6.45) is 1.42. The number of fused-ring (bicyclic) bond motifs is 1. The van der Waals surface area contributed by atoms with Gasteiger partial charge in [0, 0.05) is 24.3 Å². The number of aromatic nitrogens is 2. The van der Waals surface area contributed by atoms with Gasteiger partial charge in [-0.3, -0.25) is 4.68 Å². The Hall–Kier alpha value is -2.05. The summed E-state index contributed by atoms with van der Waals surface area (Å²) in [5, 5.41) is 16.0. The second kappa shape index (κ2) is 5.38. The Balaban J connectivity index is 2.09. The number of hydrogen-bond acceptors (Lipinski definition) is 4. The smallest absolute Gasteiger partial charge is 0.407 e. The number of carbonyl (C=O) groups is 2. The molecule has 7 heteroatoms. The molecule has 116 valence electrons. The summed E-state index contributed by atoms with van der Waals surface area (Å²) in [5.74, 6) is -1.04. The van der Waals surface area contributed by atoms with Gasteiger partial charge in [-0.2, -0.15) is 5.10 Å². The first-order valence-corrected chi connectivity index (χ1v) is 6.95. The minimum atomic E-state index is -1.04. The summed E-state index contributed by atoms with van der Waals surface area (Å²) in [6.45, 7) is 5.40. The van der Waals surface area contributed by atoms with Crippen LogP contribution in [-0.2, 0) is 24.6 Å². The Morgan fingerprint density at radius 1 is 1.43 bits per heavy atom. The van der Waals surface area contributed by atoms with Crippen molar-refractivity contribution in [2.45, 2.75) is 51.7 Å². The summed E-state index contributed by atoms with van der Waals surface area (Å²) >= 11 is 0. The van der Waals surface area contributed by atoms with E-state index in [9.17, 15) is 14.7 Å². The van der Waals surface area contributed by atoms with Crippen molar-refractivity contribution >= 4 is 12.1 Å². The number of amides is 1. The third kappa shape index (κ3) is 3.53. The first kappa shape index (κ1) is 15.3. The van der Waals surface area contributed by atoms with Gasteiger partial charge >= 0.3 is 12.1 Å². The molecule has 21 heavy (non-hydrogen) atoms. The van der Waals surface area contributed by atoms with E-state index in [1.807, 2.05) is 0 Å². The molecule has 1 aliphatic rings. The maximum atomic E-state index is 11.8. The van der Waals surface area contributed by atoms with Crippen LogP contribution in [-0.4, -0.2) is 38.6 Å². The molecule has 2 N–H and O–H groups in total. The van der Waals surface area contributed by atoms with Crippen LogP contribution in [0.4, 0.5) is 4.79 Å². The fourth-order valence-corrected chi connectivity index (χ4v) is 2.56. The standard InChI is InChI=1S/C14H21N3O4/c1-14(2,3)21-13(20)15-8-5-6-10-9(7-8)11(12(18)19)16-17(10)4/h8H,5-7H2,1-4H3,(H,15,20)(H,18,19)/t8-/m0/s1. The summed E-state index contributed by atoms with van der Waals surface area (Å²) in [4.78, 5) is 23.0. The van der Waals surface area contributed by atoms with E-state index in [1.54, 1.807) is 32.5 Å². The maximum absolute atomic E-state index is 11.8. The number of alkyl carbamates (subject to hydrolysis) is 1. The van der Waals surface area contributed by atoms with Crippen molar-refractivity contribution in [1.29, 1.82) is 0 Å². The quantitative estimate of drug-likeness (QED) is 0.862. The maximum Gasteiger partial charge on any atom is 0.407 e. The molecular formula is C14H21N3O4. The predicted molar refractivity (Wildman–Crippen MR) is 75.4 cm³/mol. The topological polar surface area (TPSA) is 93.5 Å². The Labute approximate surface area is 123 Å². The zero-order valence-electron chi connectivity index (χ0n) is 12.8. The van der Waals surface area contributed by atoms with Crippen molar-refractivity contribution in [2.75, 3.05) is 0 Å². The first-order chi connectivity index (χ1) is 9.67. The van der Waals surface area contributed by atoms with E-state index in [1.165, 1.54) is 0 Å². The molecule has 0 radical (unpaired) electrons.